The fourth-order valence-corrected chi connectivity index (χ4v) is 3.32. The fraction of sp³-hybridized carbons (Fsp3) is 0.500. The van der Waals surface area contributed by atoms with Crippen molar-refractivity contribution in [2.24, 2.45) is 0 Å². The van der Waals surface area contributed by atoms with Gasteiger partial charge >= 0.3 is 0 Å². The van der Waals surface area contributed by atoms with E-state index in [0.717, 1.165) is 11.9 Å². The van der Waals surface area contributed by atoms with Crippen LogP contribution in [0.1, 0.15) is 38.7 Å². The molecule has 7 heteroatoms. The number of carbonyl (C=O) groups is 1. The molecule has 0 bridgehead atoms. The molecule has 138 valence electrons. The number of aromatic nitrogens is 1. The Balaban J connectivity index is 1.61. The first-order valence-corrected chi connectivity index (χ1v) is 10.2. The summed E-state index contributed by atoms with van der Waals surface area (Å²) in [4.78, 5) is 15.1. The van der Waals surface area contributed by atoms with Crippen molar-refractivity contribution in [1.29, 1.82) is 0 Å². The normalized spacial score (nSPS) is 12.0. The van der Waals surface area contributed by atoms with Crippen LogP contribution in [0.2, 0.25) is 0 Å². The van der Waals surface area contributed by atoms with E-state index in [9.17, 15) is 13.2 Å². The first kappa shape index (κ1) is 19.5. The number of amides is 1. The van der Waals surface area contributed by atoms with E-state index in [2.05, 4.69) is 21.1 Å². The zero-order valence-corrected chi connectivity index (χ0v) is 15.7. The van der Waals surface area contributed by atoms with E-state index in [-0.39, 0.29) is 5.91 Å². The van der Waals surface area contributed by atoms with Crippen LogP contribution in [0.15, 0.2) is 30.5 Å². The van der Waals surface area contributed by atoms with E-state index >= 15 is 0 Å². The third-order valence-corrected chi connectivity index (χ3v) is 5.99. The third kappa shape index (κ3) is 5.86. The van der Waals surface area contributed by atoms with Gasteiger partial charge in [-0.1, -0.05) is 18.2 Å². The zero-order valence-electron chi connectivity index (χ0n) is 14.8. The second-order valence-electron chi connectivity index (χ2n) is 6.40. The molecule has 1 aromatic heterocycles. The quantitative estimate of drug-likeness (QED) is 0.564. The number of carbonyl (C=O) groups excluding carboxylic acids is 1. The molecule has 0 saturated heterocycles. The molecule has 0 unspecified atom stereocenters. The van der Waals surface area contributed by atoms with E-state index in [4.69, 9.17) is 0 Å². The molecule has 0 aliphatic heterocycles. The number of sulfonamides is 1. The maximum absolute atomic E-state index is 11.8. The Hall–Kier alpha value is -1.86. The maximum atomic E-state index is 11.8. The summed E-state index contributed by atoms with van der Waals surface area (Å²) in [6, 6.07) is 8.10. The topological polar surface area (TPSA) is 91.1 Å². The molecular formula is C18H27N3O3S. The van der Waals surface area contributed by atoms with Crippen LogP contribution in [0.5, 0.6) is 0 Å². The van der Waals surface area contributed by atoms with Crippen LogP contribution in [0, 0.1) is 0 Å². The van der Waals surface area contributed by atoms with Crippen molar-refractivity contribution < 1.29 is 13.2 Å². The highest BCUT2D eigenvalue weighted by atomic mass is 32.2. The van der Waals surface area contributed by atoms with Gasteiger partial charge in [0.2, 0.25) is 15.9 Å². The molecular weight excluding hydrogens is 338 g/mol. The number of benzene rings is 1. The molecule has 1 heterocycles. The number of para-hydroxylation sites is 1. The number of fused-ring (bicyclic) bond motifs is 1. The maximum Gasteiger partial charge on any atom is 0.220 e. The lowest BCUT2D eigenvalue weighted by atomic mass is 10.1. The first-order chi connectivity index (χ1) is 11.9. The predicted octanol–water partition coefficient (Wildman–Crippen LogP) is 2.32. The molecule has 0 atom stereocenters. The summed E-state index contributed by atoms with van der Waals surface area (Å²) >= 11 is 0. The van der Waals surface area contributed by atoms with Gasteiger partial charge in [0.1, 0.15) is 0 Å². The summed E-state index contributed by atoms with van der Waals surface area (Å²) in [5, 5.41) is 3.68. The number of hydrogen-bond donors (Lipinski definition) is 3. The van der Waals surface area contributed by atoms with Gasteiger partial charge in [0.15, 0.2) is 0 Å². The summed E-state index contributed by atoms with van der Waals surface area (Å²) < 4.78 is 25.7. The molecule has 0 aliphatic carbocycles. The van der Waals surface area contributed by atoms with Crippen LogP contribution in [0.3, 0.4) is 0 Å². The minimum Gasteiger partial charge on any atom is -0.361 e. The number of H-pyrrole nitrogens is 1. The van der Waals surface area contributed by atoms with Gasteiger partial charge in [-0.15, -0.1) is 0 Å². The van der Waals surface area contributed by atoms with Crippen LogP contribution in [-0.4, -0.2) is 37.6 Å². The highest BCUT2D eigenvalue weighted by Crippen LogP contribution is 2.17. The van der Waals surface area contributed by atoms with Gasteiger partial charge in [-0.2, -0.15) is 0 Å². The second kappa shape index (κ2) is 9.01. The molecule has 2 rings (SSSR count). The Bertz CT molecular complexity index is 797. The van der Waals surface area contributed by atoms with Crippen LogP contribution >= 0.6 is 0 Å². The largest absolute Gasteiger partial charge is 0.361 e. The lowest BCUT2D eigenvalue weighted by Crippen LogP contribution is -2.31. The van der Waals surface area contributed by atoms with Crippen molar-refractivity contribution in [3.63, 3.8) is 0 Å². The SMILES string of the molecule is CC(C)S(=O)(=O)NCCCCC(=O)NCCc1c[nH]c2ccccc12. The minimum atomic E-state index is -3.21. The summed E-state index contributed by atoms with van der Waals surface area (Å²) in [5.74, 6) is 0.00607. The summed E-state index contributed by atoms with van der Waals surface area (Å²) in [6.45, 7) is 4.26. The van der Waals surface area contributed by atoms with E-state index < -0.39 is 15.3 Å². The van der Waals surface area contributed by atoms with Gasteiger partial charge in [0, 0.05) is 36.6 Å². The average Bonchev–Trinajstić information content (AvgIpc) is 2.98. The summed E-state index contributed by atoms with van der Waals surface area (Å²) in [7, 11) is -3.21. The Morgan fingerprint density at radius 3 is 2.68 bits per heavy atom. The highest BCUT2D eigenvalue weighted by Gasteiger charge is 2.14. The van der Waals surface area contributed by atoms with Crippen molar-refractivity contribution >= 4 is 26.8 Å². The lowest BCUT2D eigenvalue weighted by molar-refractivity contribution is -0.121. The number of unbranched alkanes of at least 4 members (excludes halogenated alkanes) is 1. The van der Waals surface area contributed by atoms with Gasteiger partial charge in [-0.05, 0) is 44.7 Å². The number of rotatable bonds is 10. The molecule has 0 aliphatic rings. The minimum absolute atomic E-state index is 0.00607. The van der Waals surface area contributed by atoms with Gasteiger partial charge < -0.3 is 10.3 Å². The third-order valence-electron chi connectivity index (χ3n) is 4.15. The van der Waals surface area contributed by atoms with Crippen LogP contribution in [0.25, 0.3) is 10.9 Å². The van der Waals surface area contributed by atoms with Crippen LogP contribution in [0.4, 0.5) is 0 Å². The predicted molar refractivity (Wildman–Crippen MR) is 101 cm³/mol. The molecule has 2 aromatic rings. The van der Waals surface area contributed by atoms with Gasteiger partial charge in [0.05, 0.1) is 5.25 Å². The van der Waals surface area contributed by atoms with Crippen molar-refractivity contribution in [3.05, 3.63) is 36.0 Å². The summed E-state index contributed by atoms with van der Waals surface area (Å²) in [5.41, 5.74) is 2.30. The van der Waals surface area contributed by atoms with Gasteiger partial charge in [-0.25, -0.2) is 13.1 Å². The monoisotopic (exact) mass is 365 g/mol. The van der Waals surface area contributed by atoms with Gasteiger partial charge in [0.25, 0.3) is 0 Å². The van der Waals surface area contributed by atoms with Crippen molar-refractivity contribution in [2.45, 2.75) is 44.8 Å². The molecule has 6 nitrogen and oxygen atoms in total. The molecule has 1 aromatic carbocycles. The van der Waals surface area contributed by atoms with Crippen LogP contribution in [-0.2, 0) is 21.2 Å². The average molecular weight is 365 g/mol. The molecule has 3 N–H and O–H groups in total. The molecule has 25 heavy (non-hydrogen) atoms. The molecule has 1 amide bonds. The van der Waals surface area contributed by atoms with Crippen LogP contribution < -0.4 is 10.0 Å². The Morgan fingerprint density at radius 1 is 1.16 bits per heavy atom. The van der Waals surface area contributed by atoms with Crippen molar-refractivity contribution in [2.75, 3.05) is 13.1 Å². The fourth-order valence-electron chi connectivity index (χ4n) is 2.56. The molecule has 0 saturated carbocycles. The highest BCUT2D eigenvalue weighted by molar-refractivity contribution is 7.90. The number of nitrogens with one attached hydrogen (secondary N) is 3. The Kier molecular flexibility index (Phi) is 7.01. The lowest BCUT2D eigenvalue weighted by Gasteiger charge is -2.09. The smallest absolute Gasteiger partial charge is 0.220 e. The number of aromatic amines is 1. The summed E-state index contributed by atoms with van der Waals surface area (Å²) in [6.07, 6.45) is 4.50. The van der Waals surface area contributed by atoms with Crippen molar-refractivity contribution in [1.82, 2.24) is 15.0 Å². The first-order valence-electron chi connectivity index (χ1n) is 8.70. The molecule has 0 fully saturated rings. The Morgan fingerprint density at radius 2 is 1.92 bits per heavy atom. The second-order valence-corrected chi connectivity index (χ2v) is 8.73. The van der Waals surface area contributed by atoms with Crippen molar-refractivity contribution in [3.8, 4) is 0 Å². The van der Waals surface area contributed by atoms with E-state index in [0.29, 0.717) is 32.4 Å². The number of hydrogen-bond acceptors (Lipinski definition) is 3. The Labute approximate surface area is 149 Å². The van der Waals surface area contributed by atoms with E-state index in [1.165, 1.54) is 10.9 Å². The van der Waals surface area contributed by atoms with E-state index in [1.807, 2.05) is 24.4 Å². The molecule has 0 radical (unpaired) electrons. The van der Waals surface area contributed by atoms with Gasteiger partial charge in [-0.3, -0.25) is 4.79 Å². The standard InChI is InChI=1S/C18H27N3O3S/c1-14(2)25(23,24)21-11-6-5-9-18(22)19-12-10-15-13-20-17-8-4-3-7-16(15)17/h3-4,7-8,13-14,20-21H,5-6,9-12H2,1-2H3,(H,19,22). The molecule has 0 spiro atoms. The van der Waals surface area contributed by atoms with E-state index in [1.54, 1.807) is 13.8 Å². The zero-order chi connectivity index (χ0) is 18.3.